The average molecular weight is 258 g/mol. The maximum Gasteiger partial charge on any atom is 0.304 e. The zero-order valence-electron chi connectivity index (χ0n) is 10.9. The van der Waals surface area contributed by atoms with E-state index in [9.17, 15) is 9.59 Å². The second-order valence-corrected chi connectivity index (χ2v) is 4.46. The van der Waals surface area contributed by atoms with Gasteiger partial charge in [-0.2, -0.15) is 0 Å². The first-order valence-corrected chi connectivity index (χ1v) is 6.34. The average Bonchev–Trinajstić information content (AvgIpc) is 2.37. The number of hydrogen-bond donors (Lipinski definition) is 1. The molecule has 1 aliphatic heterocycles. The fourth-order valence-electron chi connectivity index (χ4n) is 2.00. The van der Waals surface area contributed by atoms with Crippen LogP contribution in [0, 0.1) is 0 Å². The van der Waals surface area contributed by atoms with Crippen molar-refractivity contribution in [3.8, 4) is 0 Å². The highest BCUT2D eigenvalue weighted by molar-refractivity contribution is 5.76. The summed E-state index contributed by atoms with van der Waals surface area (Å²) >= 11 is 0. The Labute approximate surface area is 107 Å². The van der Waals surface area contributed by atoms with Crippen molar-refractivity contribution < 1.29 is 19.4 Å². The van der Waals surface area contributed by atoms with Crippen LogP contribution in [0.5, 0.6) is 0 Å². The maximum atomic E-state index is 11.8. The number of nitrogens with zero attached hydrogens (tertiary/aromatic N) is 2. The van der Waals surface area contributed by atoms with Gasteiger partial charge in [-0.3, -0.25) is 14.5 Å². The van der Waals surface area contributed by atoms with E-state index in [2.05, 4.69) is 4.90 Å². The van der Waals surface area contributed by atoms with Gasteiger partial charge in [0.15, 0.2) is 0 Å². The molecule has 6 heteroatoms. The van der Waals surface area contributed by atoms with Crippen LogP contribution in [0.15, 0.2) is 0 Å². The molecule has 0 aliphatic carbocycles. The number of aliphatic carboxylic acids is 1. The molecule has 1 rings (SSSR count). The molecule has 1 amide bonds. The Bertz CT molecular complexity index is 275. The third-order valence-corrected chi connectivity index (χ3v) is 3.11. The molecular weight excluding hydrogens is 236 g/mol. The van der Waals surface area contributed by atoms with Gasteiger partial charge in [-0.1, -0.05) is 0 Å². The van der Waals surface area contributed by atoms with Gasteiger partial charge in [0.05, 0.1) is 6.42 Å². The number of carbonyl (C=O) groups is 2. The Morgan fingerprint density at radius 3 is 2.39 bits per heavy atom. The summed E-state index contributed by atoms with van der Waals surface area (Å²) < 4.78 is 4.92. The molecule has 0 saturated carbocycles. The molecule has 1 heterocycles. The molecular formula is C12H22N2O4. The first-order valence-electron chi connectivity index (χ1n) is 6.34. The fourth-order valence-corrected chi connectivity index (χ4v) is 2.00. The van der Waals surface area contributed by atoms with Crippen LogP contribution in [0.25, 0.3) is 0 Å². The Hall–Kier alpha value is -1.14. The van der Waals surface area contributed by atoms with Crippen LogP contribution in [-0.2, 0) is 14.3 Å². The summed E-state index contributed by atoms with van der Waals surface area (Å²) in [5.41, 5.74) is 0. The van der Waals surface area contributed by atoms with Crippen LogP contribution in [0.1, 0.15) is 19.3 Å². The van der Waals surface area contributed by atoms with Gasteiger partial charge in [-0.05, 0) is 6.42 Å². The first kappa shape index (κ1) is 14.9. The predicted molar refractivity (Wildman–Crippen MR) is 66.4 cm³/mol. The minimum Gasteiger partial charge on any atom is -0.481 e. The quantitative estimate of drug-likeness (QED) is 0.653. The van der Waals surface area contributed by atoms with Gasteiger partial charge >= 0.3 is 5.97 Å². The molecule has 1 fully saturated rings. The summed E-state index contributed by atoms with van der Waals surface area (Å²) in [7, 11) is 1.63. The Balaban J connectivity index is 2.17. The second-order valence-electron chi connectivity index (χ2n) is 4.46. The summed E-state index contributed by atoms with van der Waals surface area (Å²) in [6.07, 6.45) is 1.46. The largest absolute Gasteiger partial charge is 0.481 e. The van der Waals surface area contributed by atoms with E-state index in [0.29, 0.717) is 32.7 Å². The number of rotatable bonds is 7. The van der Waals surface area contributed by atoms with E-state index in [0.717, 1.165) is 19.5 Å². The molecule has 104 valence electrons. The molecule has 6 nitrogen and oxygen atoms in total. The van der Waals surface area contributed by atoms with Crippen LogP contribution < -0.4 is 0 Å². The van der Waals surface area contributed by atoms with Gasteiger partial charge in [0.1, 0.15) is 0 Å². The number of ether oxygens (including phenoxy) is 1. The van der Waals surface area contributed by atoms with Gasteiger partial charge in [-0.25, -0.2) is 0 Å². The summed E-state index contributed by atoms with van der Waals surface area (Å²) in [5.74, 6) is -0.599. The molecule has 1 aliphatic rings. The number of amides is 1. The molecule has 0 aromatic rings. The first-order chi connectivity index (χ1) is 8.63. The molecule has 1 N–H and O–H groups in total. The molecule has 18 heavy (non-hydrogen) atoms. The summed E-state index contributed by atoms with van der Waals surface area (Å²) in [6.45, 7) is 4.12. The summed E-state index contributed by atoms with van der Waals surface area (Å²) in [4.78, 5) is 26.2. The maximum absolute atomic E-state index is 11.8. The normalized spacial score (nSPS) is 16.8. The number of carboxylic acids is 1. The van der Waals surface area contributed by atoms with E-state index in [4.69, 9.17) is 9.84 Å². The van der Waals surface area contributed by atoms with E-state index < -0.39 is 5.97 Å². The molecule has 0 unspecified atom stereocenters. The monoisotopic (exact) mass is 258 g/mol. The van der Waals surface area contributed by atoms with Gasteiger partial charge in [0, 0.05) is 52.9 Å². The van der Waals surface area contributed by atoms with Crippen LogP contribution in [0.3, 0.4) is 0 Å². The van der Waals surface area contributed by atoms with Crippen molar-refractivity contribution >= 4 is 11.9 Å². The summed E-state index contributed by atoms with van der Waals surface area (Å²) in [6, 6.07) is 0. The smallest absolute Gasteiger partial charge is 0.304 e. The standard InChI is InChI=1S/C12H22N2O4/c1-18-10-2-3-11(15)14-8-6-13(7-9-14)5-4-12(16)17/h2-10H2,1H3,(H,16,17). The molecule has 0 aromatic carbocycles. The molecule has 0 aromatic heterocycles. The highest BCUT2D eigenvalue weighted by atomic mass is 16.5. The van der Waals surface area contributed by atoms with Gasteiger partial charge in [0.25, 0.3) is 0 Å². The zero-order valence-corrected chi connectivity index (χ0v) is 10.9. The SMILES string of the molecule is COCCCC(=O)N1CCN(CCC(=O)O)CC1. The third-order valence-electron chi connectivity index (χ3n) is 3.11. The zero-order chi connectivity index (χ0) is 13.4. The number of methoxy groups -OCH3 is 1. The van der Waals surface area contributed by atoms with Crippen molar-refractivity contribution in [2.75, 3.05) is 46.4 Å². The third kappa shape index (κ3) is 5.46. The van der Waals surface area contributed by atoms with Crippen LogP contribution in [-0.4, -0.2) is 73.2 Å². The summed E-state index contributed by atoms with van der Waals surface area (Å²) in [5, 5.41) is 8.60. The number of piperazine rings is 1. The predicted octanol–water partition coefficient (Wildman–Crippen LogP) is 0.0319. The topological polar surface area (TPSA) is 70.1 Å². The van der Waals surface area contributed by atoms with Crippen molar-refractivity contribution in [1.29, 1.82) is 0 Å². The number of carboxylic acid groups (broad SMARTS) is 1. The van der Waals surface area contributed by atoms with E-state index in [1.807, 2.05) is 4.90 Å². The Kier molecular flexibility index (Phi) is 6.67. The van der Waals surface area contributed by atoms with E-state index in [-0.39, 0.29) is 12.3 Å². The van der Waals surface area contributed by atoms with E-state index >= 15 is 0 Å². The van der Waals surface area contributed by atoms with Crippen LogP contribution in [0.2, 0.25) is 0 Å². The molecule has 0 spiro atoms. The Morgan fingerprint density at radius 1 is 1.17 bits per heavy atom. The van der Waals surface area contributed by atoms with Crippen molar-refractivity contribution in [1.82, 2.24) is 9.80 Å². The molecule has 0 bridgehead atoms. The fraction of sp³-hybridized carbons (Fsp3) is 0.833. The molecule has 0 atom stereocenters. The minimum atomic E-state index is -0.770. The van der Waals surface area contributed by atoms with Crippen molar-refractivity contribution in [2.24, 2.45) is 0 Å². The lowest BCUT2D eigenvalue weighted by Crippen LogP contribution is -2.49. The van der Waals surface area contributed by atoms with Gasteiger partial charge in [-0.15, -0.1) is 0 Å². The lowest BCUT2D eigenvalue weighted by molar-refractivity contribution is -0.138. The van der Waals surface area contributed by atoms with Crippen LogP contribution >= 0.6 is 0 Å². The van der Waals surface area contributed by atoms with Crippen LogP contribution in [0.4, 0.5) is 0 Å². The van der Waals surface area contributed by atoms with Crippen molar-refractivity contribution in [2.45, 2.75) is 19.3 Å². The highest BCUT2D eigenvalue weighted by Crippen LogP contribution is 2.05. The van der Waals surface area contributed by atoms with E-state index in [1.54, 1.807) is 7.11 Å². The molecule has 0 radical (unpaired) electrons. The number of hydrogen-bond acceptors (Lipinski definition) is 4. The lowest BCUT2D eigenvalue weighted by Gasteiger charge is -2.34. The Morgan fingerprint density at radius 2 is 1.83 bits per heavy atom. The second kappa shape index (κ2) is 8.05. The van der Waals surface area contributed by atoms with Crippen molar-refractivity contribution in [3.63, 3.8) is 0 Å². The highest BCUT2D eigenvalue weighted by Gasteiger charge is 2.20. The van der Waals surface area contributed by atoms with Gasteiger partial charge < -0.3 is 14.7 Å². The van der Waals surface area contributed by atoms with Crippen molar-refractivity contribution in [3.05, 3.63) is 0 Å². The minimum absolute atomic E-state index is 0.168. The number of carbonyl (C=O) groups excluding carboxylic acids is 1. The molecule has 1 saturated heterocycles. The van der Waals surface area contributed by atoms with E-state index in [1.165, 1.54) is 0 Å². The van der Waals surface area contributed by atoms with Gasteiger partial charge in [0.2, 0.25) is 5.91 Å². The lowest BCUT2D eigenvalue weighted by atomic mass is 10.2.